The lowest BCUT2D eigenvalue weighted by Crippen LogP contribution is -2.42. The monoisotopic (exact) mass is 296 g/mol. The molecule has 3 rings (SSSR count). The summed E-state index contributed by atoms with van der Waals surface area (Å²) in [7, 11) is 0. The van der Waals surface area contributed by atoms with E-state index in [9.17, 15) is 4.79 Å². The molecule has 0 aliphatic carbocycles. The van der Waals surface area contributed by atoms with E-state index in [0.717, 1.165) is 30.8 Å². The van der Waals surface area contributed by atoms with Gasteiger partial charge in [0.05, 0.1) is 18.3 Å². The van der Waals surface area contributed by atoms with Crippen LogP contribution in [0.15, 0.2) is 6.20 Å². The Bertz CT molecular complexity index is 484. The predicted octanol–water partition coefficient (Wildman–Crippen LogP) is 0.722. The summed E-state index contributed by atoms with van der Waals surface area (Å²) >= 11 is 1.92. The van der Waals surface area contributed by atoms with Crippen LogP contribution in [0.4, 0.5) is 0 Å². The summed E-state index contributed by atoms with van der Waals surface area (Å²) in [5.74, 6) is 2.27. The first kappa shape index (κ1) is 14.0. The number of rotatable bonds is 4. The molecule has 0 amide bonds. The van der Waals surface area contributed by atoms with Crippen LogP contribution in [0.2, 0.25) is 0 Å². The van der Waals surface area contributed by atoms with Gasteiger partial charge in [-0.1, -0.05) is 5.21 Å². The number of Topliss-reactive ketones (excluding diaryl/α,β-unsaturated/α-hetero) is 1. The molecule has 2 fully saturated rings. The fraction of sp³-hybridized carbons (Fsp3) is 0.769. The second-order valence-electron chi connectivity index (χ2n) is 5.54. The number of thioether (sulfide) groups is 1. The zero-order chi connectivity index (χ0) is 14.0. The molecule has 3 heterocycles. The molecular formula is C13H20N4O2S. The van der Waals surface area contributed by atoms with Crippen molar-refractivity contribution in [2.24, 2.45) is 11.7 Å². The second-order valence-corrected chi connectivity index (χ2v) is 6.65. The first-order valence-corrected chi connectivity index (χ1v) is 8.24. The maximum atomic E-state index is 12.5. The highest BCUT2D eigenvalue weighted by molar-refractivity contribution is 7.99. The van der Waals surface area contributed by atoms with Crippen LogP contribution in [0.5, 0.6) is 0 Å². The van der Waals surface area contributed by atoms with Crippen molar-refractivity contribution in [1.29, 1.82) is 0 Å². The van der Waals surface area contributed by atoms with Crippen molar-refractivity contribution in [1.82, 2.24) is 15.0 Å². The molecule has 2 saturated heterocycles. The summed E-state index contributed by atoms with van der Waals surface area (Å²) < 4.78 is 7.59. The third kappa shape index (κ3) is 2.75. The molecule has 0 aromatic carbocycles. The maximum absolute atomic E-state index is 12.5. The van der Waals surface area contributed by atoms with Crippen molar-refractivity contribution in [3.8, 4) is 0 Å². The van der Waals surface area contributed by atoms with E-state index >= 15 is 0 Å². The SMILES string of the molecule is NCCn1cc(C(=O)C2CCOC3(CCSC3)C2)nn1. The zero-order valence-electron chi connectivity index (χ0n) is 11.5. The molecule has 2 unspecified atom stereocenters. The Kier molecular flexibility index (Phi) is 4.09. The van der Waals surface area contributed by atoms with Gasteiger partial charge in [-0.2, -0.15) is 11.8 Å². The van der Waals surface area contributed by atoms with E-state index in [-0.39, 0.29) is 17.3 Å². The molecule has 20 heavy (non-hydrogen) atoms. The molecule has 7 heteroatoms. The van der Waals surface area contributed by atoms with Crippen LogP contribution >= 0.6 is 11.8 Å². The van der Waals surface area contributed by atoms with Gasteiger partial charge in [-0.05, 0) is 25.0 Å². The van der Waals surface area contributed by atoms with Gasteiger partial charge in [0.15, 0.2) is 5.78 Å². The third-order valence-corrected chi connectivity index (χ3v) is 5.30. The fourth-order valence-electron chi connectivity index (χ4n) is 2.98. The lowest BCUT2D eigenvalue weighted by molar-refractivity contribution is -0.0735. The van der Waals surface area contributed by atoms with E-state index < -0.39 is 0 Å². The summed E-state index contributed by atoms with van der Waals surface area (Å²) in [5.41, 5.74) is 5.87. The molecule has 1 aromatic heterocycles. The van der Waals surface area contributed by atoms with E-state index in [0.29, 0.717) is 25.4 Å². The van der Waals surface area contributed by atoms with Crippen LogP contribution in [-0.4, -0.2) is 51.0 Å². The van der Waals surface area contributed by atoms with Gasteiger partial charge in [0.2, 0.25) is 0 Å². The van der Waals surface area contributed by atoms with E-state index in [2.05, 4.69) is 10.3 Å². The van der Waals surface area contributed by atoms with Crippen LogP contribution in [0.25, 0.3) is 0 Å². The minimum Gasteiger partial charge on any atom is -0.374 e. The molecule has 2 atom stereocenters. The molecule has 2 aliphatic heterocycles. The van der Waals surface area contributed by atoms with Gasteiger partial charge in [-0.25, -0.2) is 0 Å². The van der Waals surface area contributed by atoms with Gasteiger partial charge >= 0.3 is 0 Å². The Balaban J connectivity index is 1.69. The number of aromatic nitrogens is 3. The molecule has 1 aromatic rings. The minimum absolute atomic E-state index is 0.0190. The minimum atomic E-state index is -0.0729. The Labute approximate surface area is 122 Å². The number of ether oxygens (including phenoxy) is 1. The zero-order valence-corrected chi connectivity index (χ0v) is 12.3. The van der Waals surface area contributed by atoms with E-state index in [1.54, 1.807) is 10.9 Å². The summed E-state index contributed by atoms with van der Waals surface area (Å²) in [6.45, 7) is 1.76. The Hall–Kier alpha value is -0.920. The lowest BCUT2D eigenvalue weighted by atomic mass is 9.82. The van der Waals surface area contributed by atoms with Gasteiger partial charge in [-0.3, -0.25) is 9.48 Å². The van der Waals surface area contributed by atoms with Crippen LogP contribution in [0.3, 0.4) is 0 Å². The van der Waals surface area contributed by atoms with Gasteiger partial charge in [0, 0.05) is 24.8 Å². The highest BCUT2D eigenvalue weighted by Crippen LogP contribution is 2.41. The molecular weight excluding hydrogens is 276 g/mol. The standard InChI is InChI=1S/C13H20N4O2S/c14-3-4-17-8-11(15-16-17)12(18)10-1-5-19-13(7-10)2-6-20-9-13/h8,10H,1-7,9,14H2. The highest BCUT2D eigenvalue weighted by atomic mass is 32.2. The summed E-state index contributed by atoms with van der Waals surface area (Å²) in [6, 6.07) is 0. The van der Waals surface area contributed by atoms with E-state index in [1.807, 2.05) is 11.8 Å². The summed E-state index contributed by atoms with van der Waals surface area (Å²) in [4.78, 5) is 12.5. The highest BCUT2D eigenvalue weighted by Gasteiger charge is 2.42. The normalized spacial score (nSPS) is 29.9. The average Bonchev–Trinajstić information content (AvgIpc) is 3.09. The van der Waals surface area contributed by atoms with Crippen molar-refractivity contribution in [3.63, 3.8) is 0 Å². The second kappa shape index (κ2) is 5.83. The van der Waals surface area contributed by atoms with Gasteiger partial charge in [0.25, 0.3) is 0 Å². The summed E-state index contributed by atoms with van der Waals surface area (Å²) in [6.07, 6.45) is 4.37. The van der Waals surface area contributed by atoms with Crippen molar-refractivity contribution in [2.45, 2.75) is 31.4 Å². The maximum Gasteiger partial charge on any atom is 0.187 e. The lowest BCUT2D eigenvalue weighted by Gasteiger charge is -2.36. The van der Waals surface area contributed by atoms with Crippen molar-refractivity contribution in [3.05, 3.63) is 11.9 Å². The average molecular weight is 296 g/mol. The number of hydrogen-bond donors (Lipinski definition) is 1. The number of nitrogens with zero attached hydrogens (tertiary/aromatic N) is 3. The smallest absolute Gasteiger partial charge is 0.187 e. The Morgan fingerprint density at radius 3 is 3.30 bits per heavy atom. The fourth-order valence-corrected chi connectivity index (χ4v) is 4.36. The van der Waals surface area contributed by atoms with Gasteiger partial charge in [-0.15, -0.1) is 5.10 Å². The topological polar surface area (TPSA) is 83.0 Å². The van der Waals surface area contributed by atoms with Crippen LogP contribution in [0.1, 0.15) is 29.8 Å². The van der Waals surface area contributed by atoms with Gasteiger partial charge in [0.1, 0.15) is 5.69 Å². The molecule has 2 N–H and O–H groups in total. The van der Waals surface area contributed by atoms with E-state index in [1.165, 1.54) is 0 Å². The molecule has 0 saturated carbocycles. The van der Waals surface area contributed by atoms with Crippen LogP contribution in [-0.2, 0) is 11.3 Å². The van der Waals surface area contributed by atoms with Gasteiger partial charge < -0.3 is 10.5 Å². The Morgan fingerprint density at radius 1 is 1.65 bits per heavy atom. The first-order chi connectivity index (χ1) is 9.72. The number of nitrogens with two attached hydrogens (primary N) is 1. The number of hydrogen-bond acceptors (Lipinski definition) is 6. The quantitative estimate of drug-likeness (QED) is 0.824. The Morgan fingerprint density at radius 2 is 2.55 bits per heavy atom. The molecule has 0 radical (unpaired) electrons. The third-order valence-electron chi connectivity index (χ3n) is 4.08. The molecule has 1 spiro atoms. The van der Waals surface area contributed by atoms with Crippen LogP contribution in [0, 0.1) is 5.92 Å². The molecule has 2 aliphatic rings. The first-order valence-electron chi connectivity index (χ1n) is 7.09. The van der Waals surface area contributed by atoms with Crippen molar-refractivity contribution in [2.75, 3.05) is 24.7 Å². The number of carbonyl (C=O) groups excluding carboxylic acids is 1. The predicted molar refractivity (Wildman–Crippen MR) is 76.8 cm³/mol. The summed E-state index contributed by atoms with van der Waals surface area (Å²) in [5, 5.41) is 7.93. The van der Waals surface area contributed by atoms with Crippen molar-refractivity contribution >= 4 is 17.5 Å². The molecule has 0 bridgehead atoms. The number of carbonyl (C=O) groups is 1. The largest absolute Gasteiger partial charge is 0.374 e. The molecule has 110 valence electrons. The number of ketones is 1. The van der Waals surface area contributed by atoms with Crippen molar-refractivity contribution < 1.29 is 9.53 Å². The molecule has 6 nitrogen and oxygen atoms in total. The van der Waals surface area contributed by atoms with E-state index in [4.69, 9.17) is 10.5 Å². The van der Waals surface area contributed by atoms with Crippen LogP contribution < -0.4 is 5.73 Å².